The van der Waals surface area contributed by atoms with E-state index in [0.29, 0.717) is 6.07 Å². The van der Waals surface area contributed by atoms with Gasteiger partial charge in [0.15, 0.2) is 11.6 Å². The average molecular weight is 238 g/mol. The number of ether oxygens (including phenoxy) is 1. The van der Waals surface area contributed by atoms with Crippen LogP contribution < -0.4 is 4.74 Å². The summed E-state index contributed by atoms with van der Waals surface area (Å²) >= 11 is 5.12. The van der Waals surface area contributed by atoms with Crippen molar-refractivity contribution in [1.82, 2.24) is 0 Å². The third kappa shape index (κ3) is 2.01. The summed E-state index contributed by atoms with van der Waals surface area (Å²) in [7, 11) is 0. The Hall–Kier alpha value is -1.76. The van der Waals surface area contributed by atoms with Crippen LogP contribution >= 0.6 is 11.6 Å². The maximum atomic E-state index is 13.0. The van der Waals surface area contributed by atoms with Crippen molar-refractivity contribution >= 4 is 23.8 Å². The highest BCUT2D eigenvalue weighted by molar-refractivity contribution is 6.31. The minimum absolute atomic E-state index is 0.156. The minimum Gasteiger partial charge on any atom is -0.425 e. The predicted octanol–water partition coefficient (Wildman–Crippen LogP) is 2.06. The van der Waals surface area contributed by atoms with E-state index < -0.39 is 33.0 Å². The van der Waals surface area contributed by atoms with Crippen molar-refractivity contribution in [1.29, 1.82) is 0 Å². The summed E-state index contributed by atoms with van der Waals surface area (Å²) in [6.07, 6.45) is 0. The van der Waals surface area contributed by atoms with E-state index in [1.165, 1.54) is 0 Å². The van der Waals surface area contributed by atoms with E-state index >= 15 is 0 Å². The van der Waals surface area contributed by atoms with Crippen molar-refractivity contribution in [2.24, 2.45) is 0 Å². The largest absolute Gasteiger partial charge is 0.425 e. The molecule has 0 amide bonds. The molecular formula is C7H2ClF2NO4. The van der Waals surface area contributed by atoms with Crippen LogP contribution in [0.2, 0.25) is 5.02 Å². The third-order valence-corrected chi connectivity index (χ3v) is 1.80. The van der Waals surface area contributed by atoms with E-state index in [1.54, 1.807) is 0 Å². The molecule has 15 heavy (non-hydrogen) atoms. The number of nitro groups is 1. The fraction of sp³-hybridized carbons (Fsp3) is 0. The highest BCUT2D eigenvalue weighted by Crippen LogP contribution is 2.33. The first kappa shape index (κ1) is 11.3. The van der Waals surface area contributed by atoms with Gasteiger partial charge >= 0.3 is 5.69 Å². The summed E-state index contributed by atoms with van der Waals surface area (Å²) in [6.45, 7) is -0.156. The Kier molecular flexibility index (Phi) is 3.15. The molecule has 0 atom stereocenters. The van der Waals surface area contributed by atoms with Crippen molar-refractivity contribution in [3.05, 3.63) is 32.8 Å². The summed E-state index contributed by atoms with van der Waals surface area (Å²) in [5.74, 6) is -3.69. The SMILES string of the molecule is O=COc1cc([N+](=O)[O-])c(F)c(Cl)c1F. The molecule has 0 spiro atoms. The van der Waals surface area contributed by atoms with E-state index in [4.69, 9.17) is 11.6 Å². The van der Waals surface area contributed by atoms with Crippen LogP contribution in [0.15, 0.2) is 6.07 Å². The normalized spacial score (nSPS) is 9.80. The number of nitrogens with zero attached hydrogens (tertiary/aromatic N) is 1. The zero-order valence-electron chi connectivity index (χ0n) is 6.87. The van der Waals surface area contributed by atoms with Gasteiger partial charge in [-0.1, -0.05) is 11.6 Å². The number of nitro benzene ring substituents is 1. The van der Waals surface area contributed by atoms with Crippen LogP contribution in [0.1, 0.15) is 0 Å². The van der Waals surface area contributed by atoms with Gasteiger partial charge in [0.2, 0.25) is 5.82 Å². The highest BCUT2D eigenvalue weighted by Gasteiger charge is 2.25. The summed E-state index contributed by atoms with van der Waals surface area (Å²) in [4.78, 5) is 19.1. The molecule has 1 aromatic rings. The molecule has 0 bridgehead atoms. The van der Waals surface area contributed by atoms with Gasteiger partial charge < -0.3 is 4.74 Å². The molecule has 0 N–H and O–H groups in total. The zero-order chi connectivity index (χ0) is 11.6. The zero-order valence-corrected chi connectivity index (χ0v) is 7.62. The molecule has 0 aliphatic heterocycles. The Morgan fingerprint density at radius 2 is 2.07 bits per heavy atom. The van der Waals surface area contributed by atoms with Crippen molar-refractivity contribution in [3.63, 3.8) is 0 Å². The van der Waals surface area contributed by atoms with Gasteiger partial charge in [0.05, 0.1) is 11.0 Å². The van der Waals surface area contributed by atoms with E-state index in [9.17, 15) is 23.7 Å². The molecule has 0 fully saturated rings. The molecule has 0 unspecified atom stereocenters. The number of rotatable bonds is 3. The lowest BCUT2D eigenvalue weighted by molar-refractivity contribution is -0.387. The van der Waals surface area contributed by atoms with Crippen LogP contribution in [0, 0.1) is 21.7 Å². The molecule has 8 heteroatoms. The van der Waals surface area contributed by atoms with Gasteiger partial charge in [-0.3, -0.25) is 14.9 Å². The predicted molar refractivity (Wildman–Crippen MR) is 44.7 cm³/mol. The Morgan fingerprint density at radius 1 is 1.47 bits per heavy atom. The molecule has 0 aliphatic carbocycles. The van der Waals surface area contributed by atoms with Crippen LogP contribution in [0.3, 0.4) is 0 Å². The Bertz CT molecular complexity index is 437. The van der Waals surface area contributed by atoms with E-state index in [0.717, 1.165) is 0 Å². The first-order valence-corrected chi connectivity index (χ1v) is 3.79. The minimum atomic E-state index is -1.52. The molecular weight excluding hydrogens is 236 g/mol. The third-order valence-electron chi connectivity index (χ3n) is 1.47. The van der Waals surface area contributed by atoms with Crippen LogP contribution in [0.4, 0.5) is 14.5 Å². The number of benzene rings is 1. The maximum Gasteiger partial charge on any atom is 0.310 e. The highest BCUT2D eigenvalue weighted by atomic mass is 35.5. The number of halogens is 3. The molecule has 0 aromatic heterocycles. The van der Waals surface area contributed by atoms with Crippen molar-refractivity contribution in [3.8, 4) is 5.75 Å². The molecule has 0 saturated carbocycles. The smallest absolute Gasteiger partial charge is 0.310 e. The summed E-state index contributed by atoms with van der Waals surface area (Å²) in [6, 6.07) is 0.435. The Balaban J connectivity index is 3.44. The molecule has 1 rings (SSSR count). The van der Waals surface area contributed by atoms with Gasteiger partial charge in [-0.2, -0.15) is 4.39 Å². The van der Waals surface area contributed by atoms with Gasteiger partial charge in [-0.05, 0) is 0 Å². The summed E-state index contributed by atoms with van der Waals surface area (Å²) in [5.41, 5.74) is -1.07. The topological polar surface area (TPSA) is 69.4 Å². The monoisotopic (exact) mass is 237 g/mol. The summed E-state index contributed by atoms with van der Waals surface area (Å²) < 4.78 is 30.0. The second kappa shape index (κ2) is 4.18. The van der Waals surface area contributed by atoms with Crippen LogP contribution in [0.5, 0.6) is 5.75 Å². The second-order valence-electron chi connectivity index (χ2n) is 2.31. The van der Waals surface area contributed by atoms with Gasteiger partial charge in [-0.25, -0.2) is 4.39 Å². The lowest BCUT2D eigenvalue weighted by Crippen LogP contribution is -1.99. The van der Waals surface area contributed by atoms with E-state index in [1.807, 2.05) is 0 Å². The van der Waals surface area contributed by atoms with Crippen LogP contribution in [-0.4, -0.2) is 11.4 Å². The first-order valence-electron chi connectivity index (χ1n) is 3.41. The first-order chi connectivity index (χ1) is 6.99. The summed E-state index contributed by atoms with van der Waals surface area (Å²) in [5, 5.41) is 9.19. The average Bonchev–Trinajstić information content (AvgIpc) is 2.18. The molecule has 0 aliphatic rings. The number of carbonyl (C=O) groups is 1. The van der Waals surface area contributed by atoms with Gasteiger partial charge in [-0.15, -0.1) is 0 Å². The molecule has 0 heterocycles. The molecule has 5 nitrogen and oxygen atoms in total. The number of carbonyl (C=O) groups excluding carboxylic acids is 1. The van der Waals surface area contributed by atoms with E-state index in [2.05, 4.69) is 4.74 Å². The number of hydrogen-bond donors (Lipinski definition) is 0. The number of hydrogen-bond acceptors (Lipinski definition) is 4. The lowest BCUT2D eigenvalue weighted by Gasteiger charge is -2.03. The molecule has 0 saturated heterocycles. The van der Waals surface area contributed by atoms with Crippen molar-refractivity contribution < 1.29 is 23.2 Å². The molecule has 0 radical (unpaired) electrons. The fourth-order valence-electron chi connectivity index (χ4n) is 0.838. The lowest BCUT2D eigenvalue weighted by atomic mass is 10.3. The molecule has 80 valence electrons. The maximum absolute atomic E-state index is 13.0. The van der Waals surface area contributed by atoms with Crippen LogP contribution in [0.25, 0.3) is 0 Å². The van der Waals surface area contributed by atoms with E-state index in [-0.39, 0.29) is 6.47 Å². The fourth-order valence-corrected chi connectivity index (χ4v) is 1.03. The second-order valence-corrected chi connectivity index (χ2v) is 2.68. The van der Waals surface area contributed by atoms with Gasteiger partial charge in [0.1, 0.15) is 5.02 Å². The van der Waals surface area contributed by atoms with Crippen molar-refractivity contribution in [2.45, 2.75) is 0 Å². The standard InChI is InChI=1S/C7H2ClF2NO4/c8-5-6(9)3(11(13)14)1-4(7(5)10)15-2-12/h1-2H. The van der Waals surface area contributed by atoms with Gasteiger partial charge in [0, 0.05) is 0 Å². The van der Waals surface area contributed by atoms with Gasteiger partial charge in [0.25, 0.3) is 6.47 Å². The Morgan fingerprint density at radius 3 is 2.53 bits per heavy atom. The molecule has 1 aromatic carbocycles. The van der Waals surface area contributed by atoms with Crippen LogP contribution in [-0.2, 0) is 4.79 Å². The van der Waals surface area contributed by atoms with Crippen molar-refractivity contribution in [2.75, 3.05) is 0 Å². The Labute approximate surface area is 86.4 Å². The quantitative estimate of drug-likeness (QED) is 0.349.